The fourth-order valence-corrected chi connectivity index (χ4v) is 3.41. The van der Waals surface area contributed by atoms with Gasteiger partial charge in [0.05, 0.1) is 11.2 Å². The maximum atomic E-state index is 12.3. The first-order valence-corrected chi connectivity index (χ1v) is 9.94. The van der Waals surface area contributed by atoms with Gasteiger partial charge in [-0.3, -0.25) is 9.59 Å². The van der Waals surface area contributed by atoms with Crippen LogP contribution in [0.25, 0.3) is 11.0 Å². The van der Waals surface area contributed by atoms with Crippen molar-refractivity contribution in [2.45, 2.75) is 33.2 Å². The number of halogens is 1. The van der Waals surface area contributed by atoms with Crippen molar-refractivity contribution in [2.24, 2.45) is 0 Å². The van der Waals surface area contributed by atoms with E-state index in [4.69, 9.17) is 0 Å². The first-order chi connectivity index (χ1) is 13.5. The Morgan fingerprint density at radius 2 is 2.00 bits per heavy atom. The molecule has 0 atom stereocenters. The largest absolute Gasteiger partial charge is 0.352 e. The molecule has 1 aromatic heterocycles. The number of amides is 2. The number of carbonyl (C=O) groups excluding carboxylic acids is 2. The van der Waals surface area contributed by atoms with E-state index in [1.54, 1.807) is 12.1 Å². The molecule has 2 aromatic carbocycles. The number of nitrogens with zero attached hydrogens (tertiary/aromatic N) is 3. The molecule has 0 aliphatic carbocycles. The minimum absolute atomic E-state index is 0.164. The van der Waals surface area contributed by atoms with E-state index in [1.165, 1.54) is 0 Å². The normalized spacial score (nSPS) is 10.8. The Morgan fingerprint density at radius 3 is 2.75 bits per heavy atom. The van der Waals surface area contributed by atoms with E-state index in [1.807, 2.05) is 35.9 Å². The summed E-state index contributed by atoms with van der Waals surface area (Å²) in [6, 6.07) is 11.0. The van der Waals surface area contributed by atoms with Gasteiger partial charge >= 0.3 is 0 Å². The van der Waals surface area contributed by atoms with Gasteiger partial charge in [-0.15, -0.1) is 5.10 Å². The number of fused-ring (bicyclic) bond motifs is 1. The van der Waals surface area contributed by atoms with Crippen molar-refractivity contribution in [3.05, 3.63) is 52.0 Å². The van der Waals surface area contributed by atoms with E-state index in [-0.39, 0.29) is 24.8 Å². The zero-order valence-electron chi connectivity index (χ0n) is 15.8. The monoisotopic (exact) mass is 443 g/mol. The molecule has 8 heteroatoms. The van der Waals surface area contributed by atoms with Crippen LogP contribution in [0.15, 0.2) is 40.9 Å². The van der Waals surface area contributed by atoms with Crippen LogP contribution < -0.4 is 10.6 Å². The zero-order chi connectivity index (χ0) is 20.1. The van der Waals surface area contributed by atoms with Crippen LogP contribution >= 0.6 is 15.9 Å². The predicted octanol–water partition coefficient (Wildman–Crippen LogP) is 3.67. The third-order valence-corrected chi connectivity index (χ3v) is 4.90. The van der Waals surface area contributed by atoms with E-state index in [0.717, 1.165) is 28.5 Å². The molecular formula is C20H22BrN5O2. The molecule has 0 bridgehead atoms. The molecule has 0 radical (unpaired) electrons. The second-order valence-electron chi connectivity index (χ2n) is 6.55. The summed E-state index contributed by atoms with van der Waals surface area (Å²) in [6.45, 7) is 5.08. The Hall–Kier alpha value is -2.74. The van der Waals surface area contributed by atoms with Crippen LogP contribution in [0.3, 0.4) is 0 Å². The van der Waals surface area contributed by atoms with Crippen LogP contribution in [-0.2, 0) is 11.3 Å². The van der Waals surface area contributed by atoms with Gasteiger partial charge < -0.3 is 10.6 Å². The Morgan fingerprint density at radius 1 is 1.18 bits per heavy atom. The first-order valence-electron chi connectivity index (χ1n) is 9.15. The lowest BCUT2D eigenvalue weighted by molar-refractivity contribution is -0.116. The maximum Gasteiger partial charge on any atom is 0.251 e. The number of benzene rings is 2. The lowest BCUT2D eigenvalue weighted by Gasteiger charge is -2.09. The van der Waals surface area contributed by atoms with Crippen molar-refractivity contribution in [2.75, 3.05) is 11.9 Å². The molecule has 0 saturated carbocycles. The van der Waals surface area contributed by atoms with Gasteiger partial charge in [-0.25, -0.2) is 4.68 Å². The number of nitrogens with one attached hydrogen (secondary N) is 2. The van der Waals surface area contributed by atoms with E-state index in [0.29, 0.717) is 16.8 Å². The maximum absolute atomic E-state index is 12.3. The molecular weight excluding hydrogens is 422 g/mol. The number of hydrogen-bond acceptors (Lipinski definition) is 4. The molecule has 2 amide bonds. The van der Waals surface area contributed by atoms with Crippen LogP contribution in [0.4, 0.5) is 5.69 Å². The molecule has 1 heterocycles. The third kappa shape index (κ3) is 4.75. The van der Waals surface area contributed by atoms with Crippen molar-refractivity contribution in [3.8, 4) is 0 Å². The molecule has 0 spiro atoms. The molecule has 0 unspecified atom stereocenters. The SMILES string of the molecule is CCCn1nnc2cc(C(=O)NCCC(=O)Nc3ccc(C)cc3Br)ccc21. The molecule has 146 valence electrons. The summed E-state index contributed by atoms with van der Waals surface area (Å²) in [4.78, 5) is 24.4. The molecule has 3 rings (SSSR count). The van der Waals surface area contributed by atoms with Gasteiger partial charge in [0.2, 0.25) is 5.91 Å². The molecule has 0 aliphatic heterocycles. The lowest BCUT2D eigenvalue weighted by atomic mass is 10.2. The number of carbonyl (C=O) groups is 2. The van der Waals surface area contributed by atoms with Crippen LogP contribution in [-0.4, -0.2) is 33.4 Å². The van der Waals surface area contributed by atoms with Crippen LogP contribution in [0.5, 0.6) is 0 Å². The first kappa shape index (κ1) is 20.0. The summed E-state index contributed by atoms with van der Waals surface area (Å²) >= 11 is 3.43. The summed E-state index contributed by atoms with van der Waals surface area (Å²) in [5, 5.41) is 13.8. The number of aryl methyl sites for hydroxylation is 2. The van der Waals surface area contributed by atoms with Crippen LogP contribution in [0.1, 0.15) is 35.7 Å². The quantitative estimate of drug-likeness (QED) is 0.582. The van der Waals surface area contributed by atoms with Crippen molar-refractivity contribution in [1.29, 1.82) is 0 Å². The molecule has 0 saturated heterocycles. The van der Waals surface area contributed by atoms with Gasteiger partial charge in [0.25, 0.3) is 5.91 Å². The molecule has 28 heavy (non-hydrogen) atoms. The minimum atomic E-state index is -0.240. The van der Waals surface area contributed by atoms with Crippen molar-refractivity contribution in [1.82, 2.24) is 20.3 Å². The zero-order valence-corrected chi connectivity index (χ0v) is 17.4. The van der Waals surface area contributed by atoms with Gasteiger partial charge in [0.1, 0.15) is 5.52 Å². The molecule has 0 fully saturated rings. The van der Waals surface area contributed by atoms with Gasteiger partial charge in [-0.05, 0) is 65.2 Å². The Labute approximate surface area is 171 Å². The molecule has 0 aliphatic rings. The highest BCUT2D eigenvalue weighted by Gasteiger charge is 2.11. The standard InChI is InChI=1S/C20H22BrN5O2/c1-3-10-26-18-7-5-14(12-17(18)24-25-26)20(28)22-9-8-19(27)23-16-6-4-13(2)11-15(16)21/h4-7,11-12H,3,8-10H2,1-2H3,(H,22,28)(H,23,27). The summed E-state index contributed by atoms with van der Waals surface area (Å²) in [5.41, 5.74) is 3.90. The number of hydrogen-bond donors (Lipinski definition) is 2. The molecule has 2 N–H and O–H groups in total. The predicted molar refractivity (Wildman–Crippen MR) is 112 cm³/mol. The minimum Gasteiger partial charge on any atom is -0.352 e. The van der Waals surface area contributed by atoms with Crippen molar-refractivity contribution >= 4 is 44.5 Å². The smallest absolute Gasteiger partial charge is 0.251 e. The molecule has 3 aromatic rings. The number of aromatic nitrogens is 3. The summed E-state index contributed by atoms with van der Waals surface area (Å²) in [6.07, 6.45) is 1.14. The van der Waals surface area contributed by atoms with Crippen molar-refractivity contribution < 1.29 is 9.59 Å². The molecule has 7 nitrogen and oxygen atoms in total. The highest BCUT2D eigenvalue weighted by Crippen LogP contribution is 2.23. The Kier molecular flexibility index (Phi) is 6.41. The number of anilines is 1. The summed E-state index contributed by atoms with van der Waals surface area (Å²) in [5.74, 6) is -0.404. The van der Waals surface area contributed by atoms with Gasteiger partial charge in [0, 0.05) is 29.5 Å². The summed E-state index contributed by atoms with van der Waals surface area (Å²) < 4.78 is 2.65. The van der Waals surface area contributed by atoms with Crippen LogP contribution in [0.2, 0.25) is 0 Å². The summed E-state index contributed by atoms with van der Waals surface area (Å²) in [7, 11) is 0. The van der Waals surface area contributed by atoms with Gasteiger partial charge in [-0.1, -0.05) is 18.2 Å². The third-order valence-electron chi connectivity index (χ3n) is 4.25. The Balaban J connectivity index is 1.53. The average Bonchev–Trinajstić information content (AvgIpc) is 3.06. The van der Waals surface area contributed by atoms with E-state index < -0.39 is 0 Å². The van der Waals surface area contributed by atoms with Crippen molar-refractivity contribution in [3.63, 3.8) is 0 Å². The Bertz CT molecular complexity index is 1010. The second kappa shape index (κ2) is 8.97. The van der Waals surface area contributed by atoms with E-state index >= 15 is 0 Å². The topological polar surface area (TPSA) is 88.9 Å². The highest BCUT2D eigenvalue weighted by atomic mass is 79.9. The lowest BCUT2D eigenvalue weighted by Crippen LogP contribution is -2.27. The van der Waals surface area contributed by atoms with Crippen LogP contribution in [0, 0.1) is 6.92 Å². The second-order valence-corrected chi connectivity index (χ2v) is 7.41. The number of rotatable bonds is 7. The van der Waals surface area contributed by atoms with E-state index in [2.05, 4.69) is 43.8 Å². The fourth-order valence-electron chi connectivity index (χ4n) is 2.82. The highest BCUT2D eigenvalue weighted by molar-refractivity contribution is 9.10. The fraction of sp³-hybridized carbons (Fsp3) is 0.300. The van der Waals surface area contributed by atoms with Gasteiger partial charge in [-0.2, -0.15) is 0 Å². The average molecular weight is 444 g/mol. The van der Waals surface area contributed by atoms with Gasteiger partial charge in [0.15, 0.2) is 0 Å². The van der Waals surface area contributed by atoms with E-state index in [9.17, 15) is 9.59 Å².